The molecule has 30 heavy (non-hydrogen) atoms. The molecule has 1 N–H and O–H groups in total. The number of esters is 1. The van der Waals surface area contributed by atoms with Crippen molar-refractivity contribution < 1.29 is 41.6 Å². The number of alkyl halides is 3. The lowest BCUT2D eigenvalue weighted by Gasteiger charge is -2.21. The van der Waals surface area contributed by atoms with Crippen LogP contribution in [0.15, 0.2) is 30.5 Å². The van der Waals surface area contributed by atoms with E-state index in [1.807, 2.05) is 5.32 Å². The molecule has 1 amide bonds. The minimum absolute atomic E-state index is 0.201. The summed E-state index contributed by atoms with van der Waals surface area (Å²) >= 11 is 0. The third kappa shape index (κ3) is 5.99. The number of carbonyl (C=O) groups is 3. The van der Waals surface area contributed by atoms with Crippen LogP contribution in [0.5, 0.6) is 0 Å². The van der Waals surface area contributed by atoms with Crippen LogP contribution in [-0.2, 0) is 19.1 Å². The topological polar surface area (TPSA) is 119 Å². The van der Waals surface area contributed by atoms with Gasteiger partial charge in [0, 0.05) is 31.0 Å². The fraction of sp³-hybridized carbons (Fsp3) is 0.353. The van der Waals surface area contributed by atoms with Crippen molar-refractivity contribution in [1.82, 2.24) is 4.90 Å². The summed E-state index contributed by atoms with van der Waals surface area (Å²) in [5.41, 5.74) is -0.952. The minimum atomic E-state index is -5.04. The number of amides is 1. The average Bonchev–Trinajstić information content (AvgIpc) is 3.13. The highest BCUT2D eigenvalue weighted by molar-refractivity contribution is 5.94. The average molecular weight is 433 g/mol. The van der Waals surface area contributed by atoms with E-state index in [9.17, 15) is 42.1 Å². The number of nitrogens with one attached hydrogen (secondary N) is 1. The molecule has 1 atom stereocenters. The Morgan fingerprint density at radius 1 is 1.33 bits per heavy atom. The molecule has 0 spiro atoms. The zero-order chi connectivity index (χ0) is 22.5. The molecule has 1 aromatic rings. The predicted molar refractivity (Wildman–Crippen MR) is 92.6 cm³/mol. The SMILES string of the molecule is O=C(COC(=O)C1CCCN1/C=C/C(=O)C(F)(F)F)Nc1cc([N+](=O)[O-])ccc1F. The lowest BCUT2D eigenvalue weighted by molar-refractivity contribution is -0.384. The second-order valence-electron chi connectivity index (χ2n) is 6.15. The highest BCUT2D eigenvalue weighted by Gasteiger charge is 2.37. The van der Waals surface area contributed by atoms with E-state index in [-0.39, 0.29) is 13.0 Å². The van der Waals surface area contributed by atoms with Gasteiger partial charge >= 0.3 is 12.1 Å². The Balaban J connectivity index is 1.92. The number of rotatable bonds is 7. The largest absolute Gasteiger partial charge is 0.454 e. The number of hydrogen-bond acceptors (Lipinski definition) is 7. The fourth-order valence-electron chi connectivity index (χ4n) is 2.62. The van der Waals surface area contributed by atoms with Crippen LogP contribution in [0.3, 0.4) is 0 Å². The van der Waals surface area contributed by atoms with Crippen LogP contribution in [0.1, 0.15) is 12.8 Å². The van der Waals surface area contributed by atoms with Crippen LogP contribution in [0.25, 0.3) is 0 Å². The Hall–Kier alpha value is -3.51. The number of anilines is 1. The molecule has 0 aromatic heterocycles. The molecule has 0 bridgehead atoms. The number of carbonyl (C=O) groups excluding carboxylic acids is 3. The normalized spacial score (nSPS) is 16.5. The predicted octanol–water partition coefficient (Wildman–Crippen LogP) is 2.33. The second-order valence-corrected chi connectivity index (χ2v) is 6.15. The molecule has 1 aromatic carbocycles. The highest BCUT2D eigenvalue weighted by atomic mass is 19.4. The summed E-state index contributed by atoms with van der Waals surface area (Å²) in [4.78, 5) is 46.0. The van der Waals surface area contributed by atoms with Gasteiger partial charge in [0.1, 0.15) is 11.9 Å². The van der Waals surface area contributed by atoms with Crippen molar-refractivity contribution >= 4 is 29.0 Å². The van der Waals surface area contributed by atoms with Gasteiger partial charge in [-0.25, -0.2) is 9.18 Å². The molecule has 1 unspecified atom stereocenters. The first-order chi connectivity index (χ1) is 14.0. The number of halogens is 4. The zero-order valence-electron chi connectivity index (χ0n) is 15.1. The van der Waals surface area contributed by atoms with E-state index in [1.165, 1.54) is 4.90 Å². The van der Waals surface area contributed by atoms with Crippen LogP contribution in [-0.4, -0.2) is 52.9 Å². The fourth-order valence-corrected chi connectivity index (χ4v) is 2.62. The zero-order valence-corrected chi connectivity index (χ0v) is 15.1. The summed E-state index contributed by atoms with van der Waals surface area (Å²) in [5, 5.41) is 12.7. The molecular weight excluding hydrogens is 418 g/mol. The van der Waals surface area contributed by atoms with Crippen molar-refractivity contribution in [2.45, 2.75) is 25.1 Å². The second kappa shape index (κ2) is 9.33. The smallest absolute Gasteiger partial charge is 0.454 e. The monoisotopic (exact) mass is 433 g/mol. The number of ether oxygens (including phenoxy) is 1. The lowest BCUT2D eigenvalue weighted by Crippen LogP contribution is -2.35. The summed E-state index contributed by atoms with van der Waals surface area (Å²) in [7, 11) is 0. The summed E-state index contributed by atoms with van der Waals surface area (Å²) in [6.07, 6.45) is -3.23. The van der Waals surface area contributed by atoms with Gasteiger partial charge in [0.25, 0.3) is 17.4 Å². The van der Waals surface area contributed by atoms with Gasteiger partial charge < -0.3 is 15.0 Å². The molecule has 1 aliphatic heterocycles. The van der Waals surface area contributed by atoms with Crippen molar-refractivity contribution in [3.63, 3.8) is 0 Å². The molecule has 0 radical (unpaired) electrons. The van der Waals surface area contributed by atoms with E-state index >= 15 is 0 Å². The van der Waals surface area contributed by atoms with E-state index in [4.69, 9.17) is 4.74 Å². The molecule has 162 valence electrons. The third-order valence-corrected chi connectivity index (χ3v) is 4.04. The number of nitro benzene ring substituents is 1. The molecule has 2 rings (SSSR count). The summed E-state index contributed by atoms with van der Waals surface area (Å²) in [5.74, 6) is -4.93. The molecule has 0 aliphatic carbocycles. The molecule has 0 saturated carbocycles. The number of hydrogen-bond donors (Lipinski definition) is 1. The highest BCUT2D eigenvalue weighted by Crippen LogP contribution is 2.22. The number of nitro groups is 1. The van der Waals surface area contributed by atoms with Gasteiger partial charge in [-0.1, -0.05) is 0 Å². The van der Waals surface area contributed by atoms with Crippen LogP contribution < -0.4 is 5.32 Å². The Morgan fingerprint density at radius 2 is 2.03 bits per heavy atom. The van der Waals surface area contributed by atoms with E-state index in [0.717, 1.165) is 24.4 Å². The van der Waals surface area contributed by atoms with Crippen LogP contribution in [0.4, 0.5) is 28.9 Å². The number of allylic oxidation sites excluding steroid dienone is 1. The van der Waals surface area contributed by atoms with E-state index in [0.29, 0.717) is 12.5 Å². The molecular formula is C17H15F4N3O6. The summed E-state index contributed by atoms with van der Waals surface area (Å²) < 4.78 is 55.2. The Bertz CT molecular complexity index is 887. The van der Waals surface area contributed by atoms with E-state index < -0.39 is 58.6 Å². The number of non-ortho nitro benzene ring substituents is 1. The van der Waals surface area contributed by atoms with Gasteiger partial charge in [0.2, 0.25) is 0 Å². The summed E-state index contributed by atoms with van der Waals surface area (Å²) in [6, 6.07) is 1.47. The van der Waals surface area contributed by atoms with Crippen LogP contribution in [0.2, 0.25) is 0 Å². The number of likely N-dealkylation sites (tertiary alicyclic amines) is 1. The molecule has 1 heterocycles. The van der Waals surface area contributed by atoms with Crippen molar-refractivity contribution in [2.75, 3.05) is 18.5 Å². The maximum atomic E-state index is 13.7. The lowest BCUT2D eigenvalue weighted by atomic mass is 10.2. The van der Waals surface area contributed by atoms with E-state index in [2.05, 4.69) is 0 Å². The van der Waals surface area contributed by atoms with Gasteiger partial charge in [-0.3, -0.25) is 19.7 Å². The molecule has 1 aliphatic rings. The molecule has 1 fully saturated rings. The van der Waals surface area contributed by atoms with Crippen LogP contribution >= 0.6 is 0 Å². The number of nitrogens with zero attached hydrogens (tertiary/aromatic N) is 2. The standard InChI is InChI=1S/C17H15F4N3O6/c18-11-4-3-10(24(28)29)8-12(11)22-15(26)9-30-16(27)13-2-1-6-23(13)7-5-14(25)17(19,20)21/h3-5,7-8,13H,1-2,6,9H2,(H,22,26)/b7-5+. The van der Waals surface area contributed by atoms with Crippen molar-refractivity contribution in [1.29, 1.82) is 0 Å². The van der Waals surface area contributed by atoms with Crippen molar-refractivity contribution in [3.8, 4) is 0 Å². The number of benzene rings is 1. The Labute approximate surface area is 166 Å². The first-order valence-electron chi connectivity index (χ1n) is 8.44. The third-order valence-electron chi connectivity index (χ3n) is 4.04. The maximum Gasteiger partial charge on any atom is 0.454 e. The molecule has 9 nitrogen and oxygen atoms in total. The van der Waals surface area contributed by atoms with Gasteiger partial charge in [-0.05, 0) is 18.9 Å². The minimum Gasteiger partial charge on any atom is -0.454 e. The van der Waals surface area contributed by atoms with Crippen molar-refractivity contribution in [3.05, 3.63) is 46.4 Å². The maximum absolute atomic E-state index is 13.7. The van der Waals surface area contributed by atoms with Gasteiger partial charge in [-0.15, -0.1) is 0 Å². The van der Waals surface area contributed by atoms with E-state index in [1.54, 1.807) is 0 Å². The van der Waals surface area contributed by atoms with Gasteiger partial charge in [0.05, 0.1) is 10.6 Å². The Kier molecular flexibility index (Phi) is 7.08. The Morgan fingerprint density at radius 3 is 2.67 bits per heavy atom. The number of ketones is 1. The quantitative estimate of drug-likeness (QED) is 0.230. The first-order valence-corrected chi connectivity index (χ1v) is 8.44. The summed E-state index contributed by atoms with van der Waals surface area (Å²) in [6.45, 7) is -0.650. The molecule has 1 saturated heterocycles. The van der Waals surface area contributed by atoms with Gasteiger partial charge in [0.15, 0.2) is 6.61 Å². The van der Waals surface area contributed by atoms with Gasteiger partial charge in [-0.2, -0.15) is 13.2 Å². The van der Waals surface area contributed by atoms with Crippen molar-refractivity contribution in [2.24, 2.45) is 0 Å². The molecule has 13 heteroatoms. The first kappa shape index (κ1) is 22.8. The van der Waals surface area contributed by atoms with Crippen LogP contribution in [0, 0.1) is 15.9 Å².